The van der Waals surface area contributed by atoms with Gasteiger partial charge in [0.1, 0.15) is 0 Å². The largest absolute Gasteiger partial charge is 0.192 e. The Bertz CT molecular complexity index is 1970. The van der Waals surface area contributed by atoms with Gasteiger partial charge in [-0.25, -0.2) is 0 Å². The highest BCUT2D eigenvalue weighted by molar-refractivity contribution is 6.15. The smallest absolute Gasteiger partial charge is 0.0998 e. The van der Waals surface area contributed by atoms with E-state index in [2.05, 4.69) is 164 Å². The second-order valence-corrected chi connectivity index (χ2v) is 10.7. The summed E-state index contributed by atoms with van der Waals surface area (Å²) in [6.07, 6.45) is 0. The molecule has 44 heavy (non-hydrogen) atoms. The SMILES string of the molecule is N#Cc1ccccc1-c1c(-c2ccccc2)c(-c2ccccc2)c(-c2ccccc2)c(-c2ccccc2)c1-c1ccccc1. The molecule has 7 aromatic rings. The summed E-state index contributed by atoms with van der Waals surface area (Å²) < 4.78 is 0. The fourth-order valence-electron chi connectivity index (χ4n) is 6.29. The van der Waals surface area contributed by atoms with Crippen molar-refractivity contribution in [3.63, 3.8) is 0 Å². The van der Waals surface area contributed by atoms with Gasteiger partial charge in [0.05, 0.1) is 11.6 Å². The summed E-state index contributed by atoms with van der Waals surface area (Å²) in [5.41, 5.74) is 13.9. The lowest BCUT2D eigenvalue weighted by Gasteiger charge is -2.29. The summed E-state index contributed by atoms with van der Waals surface area (Å²) >= 11 is 0. The lowest BCUT2D eigenvalue weighted by molar-refractivity contribution is 1.47. The van der Waals surface area contributed by atoms with Crippen molar-refractivity contribution in [2.24, 2.45) is 0 Å². The van der Waals surface area contributed by atoms with Crippen LogP contribution in [0, 0.1) is 11.3 Å². The van der Waals surface area contributed by atoms with E-state index in [0.717, 1.165) is 61.2 Å². The molecule has 0 spiro atoms. The Balaban J connectivity index is 1.84. The van der Waals surface area contributed by atoms with Crippen LogP contribution in [0.1, 0.15) is 5.56 Å². The van der Waals surface area contributed by atoms with Gasteiger partial charge in [0.15, 0.2) is 0 Å². The zero-order valence-electron chi connectivity index (χ0n) is 24.2. The first-order chi connectivity index (χ1) is 21.8. The van der Waals surface area contributed by atoms with Gasteiger partial charge in [0.25, 0.3) is 0 Å². The van der Waals surface area contributed by atoms with Gasteiger partial charge in [-0.2, -0.15) is 5.26 Å². The fraction of sp³-hybridized carbons (Fsp3) is 0. The van der Waals surface area contributed by atoms with Gasteiger partial charge in [0.2, 0.25) is 0 Å². The van der Waals surface area contributed by atoms with Crippen LogP contribution >= 0.6 is 0 Å². The van der Waals surface area contributed by atoms with Crippen molar-refractivity contribution in [2.45, 2.75) is 0 Å². The first-order valence-corrected chi connectivity index (χ1v) is 14.9. The van der Waals surface area contributed by atoms with Crippen LogP contribution in [0.5, 0.6) is 0 Å². The van der Waals surface area contributed by atoms with Crippen molar-refractivity contribution in [1.82, 2.24) is 0 Å². The van der Waals surface area contributed by atoms with Gasteiger partial charge >= 0.3 is 0 Å². The summed E-state index contributed by atoms with van der Waals surface area (Å²) in [6, 6.07) is 63.8. The third-order valence-electron chi connectivity index (χ3n) is 8.13. The minimum Gasteiger partial charge on any atom is -0.192 e. The monoisotopic (exact) mass is 559 g/mol. The molecule has 206 valence electrons. The van der Waals surface area contributed by atoms with Gasteiger partial charge in [-0.3, -0.25) is 0 Å². The highest BCUT2D eigenvalue weighted by Crippen LogP contribution is 2.56. The first kappa shape index (κ1) is 26.9. The van der Waals surface area contributed by atoms with Crippen LogP contribution in [0.15, 0.2) is 176 Å². The molecule has 7 aromatic carbocycles. The molecule has 0 fully saturated rings. The van der Waals surface area contributed by atoms with Crippen LogP contribution in [0.3, 0.4) is 0 Å². The van der Waals surface area contributed by atoms with E-state index in [0.29, 0.717) is 5.56 Å². The summed E-state index contributed by atoms with van der Waals surface area (Å²) in [7, 11) is 0. The number of nitrogens with zero attached hydrogens (tertiary/aromatic N) is 1. The minimum absolute atomic E-state index is 0.646. The Morgan fingerprint density at radius 3 is 0.818 bits per heavy atom. The molecule has 1 nitrogen and oxygen atoms in total. The maximum absolute atomic E-state index is 10.5. The van der Waals surface area contributed by atoms with Gasteiger partial charge < -0.3 is 0 Å². The second kappa shape index (κ2) is 12.1. The fourth-order valence-corrected chi connectivity index (χ4v) is 6.29. The molecule has 0 radical (unpaired) electrons. The number of hydrogen-bond acceptors (Lipinski definition) is 1. The van der Waals surface area contributed by atoms with E-state index < -0.39 is 0 Å². The molecule has 0 atom stereocenters. The average Bonchev–Trinajstić information content (AvgIpc) is 3.12. The standard InChI is InChI=1S/C43H29N/c44-30-36-28-16-17-29-37(36)43-41(34-24-12-4-13-25-34)39(32-20-8-2-9-21-32)38(31-18-6-1-7-19-31)40(33-22-10-3-11-23-33)42(43)35-26-14-5-15-27-35/h1-29H. The van der Waals surface area contributed by atoms with E-state index in [-0.39, 0.29) is 0 Å². The van der Waals surface area contributed by atoms with E-state index in [4.69, 9.17) is 0 Å². The molecule has 0 aliphatic rings. The maximum atomic E-state index is 10.5. The summed E-state index contributed by atoms with van der Waals surface area (Å²) in [5, 5.41) is 10.5. The molecule has 0 N–H and O–H groups in total. The molecule has 0 saturated carbocycles. The zero-order chi connectivity index (χ0) is 29.7. The predicted molar refractivity (Wildman–Crippen MR) is 184 cm³/mol. The molecule has 1 heteroatoms. The Labute approximate surface area is 259 Å². The zero-order valence-corrected chi connectivity index (χ0v) is 24.2. The summed E-state index contributed by atoms with van der Waals surface area (Å²) in [5.74, 6) is 0. The number of hydrogen-bond donors (Lipinski definition) is 0. The van der Waals surface area contributed by atoms with Crippen LogP contribution < -0.4 is 0 Å². The lowest BCUT2D eigenvalue weighted by Crippen LogP contribution is -2.02. The van der Waals surface area contributed by atoms with Crippen LogP contribution in [0.2, 0.25) is 0 Å². The quantitative estimate of drug-likeness (QED) is 0.199. The highest BCUT2D eigenvalue weighted by Gasteiger charge is 2.29. The number of rotatable bonds is 6. The van der Waals surface area contributed by atoms with Gasteiger partial charge in [-0.1, -0.05) is 170 Å². The lowest BCUT2D eigenvalue weighted by atomic mass is 9.73. The highest BCUT2D eigenvalue weighted by atomic mass is 14.3. The molecule has 0 saturated heterocycles. The number of nitriles is 1. The van der Waals surface area contributed by atoms with Crippen LogP contribution in [0.4, 0.5) is 0 Å². The van der Waals surface area contributed by atoms with Crippen molar-refractivity contribution in [2.75, 3.05) is 0 Å². The van der Waals surface area contributed by atoms with Gasteiger partial charge in [0, 0.05) is 5.56 Å². The average molecular weight is 560 g/mol. The third-order valence-corrected chi connectivity index (χ3v) is 8.13. The number of benzene rings is 7. The molecule has 7 rings (SSSR count). The van der Waals surface area contributed by atoms with E-state index in [1.165, 1.54) is 5.56 Å². The van der Waals surface area contributed by atoms with E-state index in [9.17, 15) is 5.26 Å². The van der Waals surface area contributed by atoms with Crippen LogP contribution in [0.25, 0.3) is 66.8 Å². The topological polar surface area (TPSA) is 23.8 Å². The second-order valence-electron chi connectivity index (χ2n) is 10.7. The van der Waals surface area contributed by atoms with E-state index >= 15 is 0 Å². The molecule has 0 heterocycles. The molecular formula is C43H29N. The summed E-state index contributed by atoms with van der Waals surface area (Å²) in [4.78, 5) is 0. The van der Waals surface area contributed by atoms with E-state index in [1.54, 1.807) is 0 Å². The van der Waals surface area contributed by atoms with Gasteiger partial charge in [-0.05, 0) is 67.3 Å². The molecule has 0 bridgehead atoms. The van der Waals surface area contributed by atoms with Crippen LogP contribution in [-0.2, 0) is 0 Å². The maximum Gasteiger partial charge on any atom is 0.0998 e. The molecule has 0 amide bonds. The van der Waals surface area contributed by atoms with E-state index in [1.807, 2.05) is 18.2 Å². The molecular weight excluding hydrogens is 530 g/mol. The van der Waals surface area contributed by atoms with Crippen molar-refractivity contribution in [3.05, 3.63) is 181 Å². The third kappa shape index (κ3) is 4.90. The normalized spacial score (nSPS) is 10.7. The Morgan fingerprint density at radius 1 is 0.273 bits per heavy atom. The predicted octanol–water partition coefficient (Wildman–Crippen LogP) is 11.6. The van der Waals surface area contributed by atoms with Gasteiger partial charge in [-0.15, -0.1) is 0 Å². The van der Waals surface area contributed by atoms with Crippen molar-refractivity contribution in [1.29, 1.82) is 5.26 Å². The van der Waals surface area contributed by atoms with Crippen molar-refractivity contribution >= 4 is 0 Å². The molecule has 0 aliphatic heterocycles. The molecule has 0 unspecified atom stereocenters. The Kier molecular flexibility index (Phi) is 7.40. The Morgan fingerprint density at radius 2 is 0.523 bits per heavy atom. The summed E-state index contributed by atoms with van der Waals surface area (Å²) in [6.45, 7) is 0. The molecule has 0 aromatic heterocycles. The Hall–Kier alpha value is -5.97. The van der Waals surface area contributed by atoms with Crippen LogP contribution in [-0.4, -0.2) is 0 Å². The first-order valence-electron chi connectivity index (χ1n) is 14.9. The molecule has 0 aliphatic carbocycles. The minimum atomic E-state index is 0.646. The van der Waals surface area contributed by atoms with Crippen molar-refractivity contribution < 1.29 is 0 Å². The van der Waals surface area contributed by atoms with Crippen molar-refractivity contribution in [3.8, 4) is 72.8 Å².